The maximum absolute atomic E-state index is 12.1. The molecule has 0 aliphatic rings. The van der Waals surface area contributed by atoms with E-state index in [0.29, 0.717) is 0 Å². The second kappa shape index (κ2) is 5.84. The van der Waals surface area contributed by atoms with Crippen LogP contribution in [0.1, 0.15) is 23.1 Å². The molecule has 0 spiro atoms. The molecule has 0 bridgehead atoms. The van der Waals surface area contributed by atoms with Gasteiger partial charge in [-0.1, -0.05) is 17.7 Å². The molecule has 1 aromatic rings. The average molecular weight is 264 g/mol. The predicted molar refractivity (Wildman–Crippen MR) is 74.3 cm³/mol. The van der Waals surface area contributed by atoms with E-state index < -0.39 is 17.9 Å². The van der Waals surface area contributed by atoms with Gasteiger partial charge in [0.25, 0.3) is 0 Å². The summed E-state index contributed by atoms with van der Waals surface area (Å²) in [5.41, 5.74) is 9.46. The van der Waals surface area contributed by atoms with Crippen LogP contribution in [0.3, 0.4) is 0 Å². The number of nitrogens with zero attached hydrogens (tertiary/aromatic N) is 1. The maximum atomic E-state index is 12.1. The third kappa shape index (κ3) is 3.54. The highest BCUT2D eigenvalue weighted by atomic mass is 16.4. The van der Waals surface area contributed by atoms with Crippen molar-refractivity contribution in [2.45, 2.75) is 33.2 Å². The van der Waals surface area contributed by atoms with Crippen molar-refractivity contribution in [1.29, 1.82) is 0 Å². The third-order valence-corrected chi connectivity index (χ3v) is 3.01. The number of aliphatic carboxylic acids is 1. The molecule has 0 saturated heterocycles. The molecule has 0 saturated carbocycles. The lowest BCUT2D eigenvalue weighted by Gasteiger charge is -2.24. The smallest absolute Gasteiger partial charge is 0.305 e. The number of carboxylic acid groups (broad SMARTS) is 1. The Morgan fingerprint density at radius 1 is 1.26 bits per heavy atom. The lowest BCUT2D eigenvalue weighted by atomic mass is 10.0. The zero-order chi connectivity index (χ0) is 14.7. The number of hydrogen-bond acceptors (Lipinski definition) is 3. The molecule has 1 rings (SSSR count). The van der Waals surface area contributed by atoms with E-state index in [2.05, 4.69) is 0 Å². The number of carboxylic acids is 1. The Hall–Kier alpha value is -1.88. The summed E-state index contributed by atoms with van der Waals surface area (Å²) in [6.07, 6.45) is -0.368. The first kappa shape index (κ1) is 15.2. The molecular weight excluding hydrogens is 244 g/mol. The molecule has 104 valence electrons. The number of anilines is 1. The highest BCUT2D eigenvalue weighted by Gasteiger charge is 2.23. The lowest BCUT2D eigenvalue weighted by molar-refractivity contribution is -0.139. The normalized spacial score (nSPS) is 12.1. The van der Waals surface area contributed by atoms with Crippen LogP contribution in [-0.2, 0) is 9.59 Å². The molecule has 3 N–H and O–H groups in total. The second-order valence-electron chi connectivity index (χ2n) is 4.85. The number of carbonyl (C=O) groups is 2. The minimum atomic E-state index is -1.08. The fourth-order valence-electron chi connectivity index (χ4n) is 2.34. The first-order valence-electron chi connectivity index (χ1n) is 6.06. The average Bonchev–Trinajstić information content (AvgIpc) is 2.25. The number of rotatable bonds is 4. The van der Waals surface area contributed by atoms with E-state index in [1.54, 1.807) is 7.05 Å². The van der Waals surface area contributed by atoms with Crippen LogP contribution < -0.4 is 10.6 Å². The van der Waals surface area contributed by atoms with Crippen molar-refractivity contribution in [3.8, 4) is 0 Å². The first-order chi connectivity index (χ1) is 8.73. The number of amides is 1. The molecule has 5 heteroatoms. The monoisotopic (exact) mass is 264 g/mol. The largest absolute Gasteiger partial charge is 0.481 e. The fraction of sp³-hybridized carbons (Fsp3) is 0.429. The van der Waals surface area contributed by atoms with E-state index in [1.165, 1.54) is 4.90 Å². The van der Waals surface area contributed by atoms with Gasteiger partial charge in [-0.05, 0) is 31.9 Å². The molecule has 1 unspecified atom stereocenters. The highest BCUT2D eigenvalue weighted by Crippen LogP contribution is 2.25. The summed E-state index contributed by atoms with van der Waals surface area (Å²) < 4.78 is 0. The minimum absolute atomic E-state index is 0.368. The van der Waals surface area contributed by atoms with Crippen LogP contribution >= 0.6 is 0 Å². The van der Waals surface area contributed by atoms with Gasteiger partial charge < -0.3 is 15.7 Å². The van der Waals surface area contributed by atoms with Crippen LogP contribution in [0, 0.1) is 20.8 Å². The van der Waals surface area contributed by atoms with Gasteiger partial charge in [0, 0.05) is 12.7 Å². The Morgan fingerprint density at radius 2 is 1.74 bits per heavy atom. The van der Waals surface area contributed by atoms with Crippen LogP contribution in [0.25, 0.3) is 0 Å². The Bertz CT molecular complexity index is 488. The van der Waals surface area contributed by atoms with Gasteiger partial charge in [-0.2, -0.15) is 0 Å². The van der Waals surface area contributed by atoms with Gasteiger partial charge in [0.15, 0.2) is 0 Å². The van der Waals surface area contributed by atoms with Crippen molar-refractivity contribution in [2.24, 2.45) is 5.73 Å². The summed E-state index contributed by atoms with van der Waals surface area (Å²) in [6.45, 7) is 5.82. The number of likely N-dealkylation sites (N-methyl/N-ethyl adjacent to an activating group) is 1. The molecule has 5 nitrogen and oxygen atoms in total. The van der Waals surface area contributed by atoms with Gasteiger partial charge in [0.05, 0.1) is 12.5 Å². The number of benzene rings is 1. The van der Waals surface area contributed by atoms with Crippen LogP contribution in [0.2, 0.25) is 0 Å². The van der Waals surface area contributed by atoms with Crippen LogP contribution in [0.15, 0.2) is 12.1 Å². The van der Waals surface area contributed by atoms with Crippen molar-refractivity contribution >= 4 is 17.6 Å². The van der Waals surface area contributed by atoms with Crippen molar-refractivity contribution < 1.29 is 14.7 Å². The van der Waals surface area contributed by atoms with Crippen LogP contribution in [0.5, 0.6) is 0 Å². The molecule has 0 aromatic heterocycles. The predicted octanol–water partition coefficient (Wildman–Crippen LogP) is 1.38. The summed E-state index contributed by atoms with van der Waals surface area (Å²) in [4.78, 5) is 24.1. The highest BCUT2D eigenvalue weighted by molar-refractivity contribution is 5.99. The summed E-state index contributed by atoms with van der Waals surface area (Å²) in [7, 11) is 1.62. The lowest BCUT2D eigenvalue weighted by Crippen LogP contribution is -2.43. The Morgan fingerprint density at radius 3 is 2.16 bits per heavy atom. The van der Waals surface area contributed by atoms with Crippen LogP contribution in [0.4, 0.5) is 5.69 Å². The third-order valence-electron chi connectivity index (χ3n) is 3.01. The topological polar surface area (TPSA) is 83.6 Å². The van der Waals surface area contributed by atoms with Crippen molar-refractivity contribution in [3.05, 3.63) is 28.8 Å². The van der Waals surface area contributed by atoms with Crippen molar-refractivity contribution in [3.63, 3.8) is 0 Å². The van der Waals surface area contributed by atoms with Gasteiger partial charge >= 0.3 is 5.97 Å². The number of carbonyl (C=O) groups excluding carboxylic acids is 1. The Kier molecular flexibility index (Phi) is 4.67. The zero-order valence-electron chi connectivity index (χ0n) is 11.7. The van der Waals surface area contributed by atoms with E-state index in [1.807, 2.05) is 32.9 Å². The molecule has 0 heterocycles. The zero-order valence-corrected chi connectivity index (χ0v) is 11.7. The maximum Gasteiger partial charge on any atom is 0.305 e. The van der Waals surface area contributed by atoms with Crippen molar-refractivity contribution in [1.82, 2.24) is 0 Å². The summed E-state index contributed by atoms with van der Waals surface area (Å²) in [6, 6.07) is 2.94. The van der Waals surface area contributed by atoms with Gasteiger partial charge in [-0.15, -0.1) is 0 Å². The molecule has 0 fully saturated rings. The number of nitrogens with two attached hydrogens (primary N) is 1. The fourth-order valence-corrected chi connectivity index (χ4v) is 2.34. The molecule has 1 amide bonds. The van der Waals surface area contributed by atoms with Gasteiger partial charge in [-0.3, -0.25) is 9.59 Å². The molecule has 1 aromatic carbocycles. The van der Waals surface area contributed by atoms with Crippen LogP contribution in [-0.4, -0.2) is 30.1 Å². The first-order valence-corrected chi connectivity index (χ1v) is 6.06. The quantitative estimate of drug-likeness (QED) is 0.860. The number of aryl methyl sites for hydroxylation is 3. The summed E-state index contributed by atoms with van der Waals surface area (Å²) >= 11 is 0. The van der Waals surface area contributed by atoms with E-state index in [0.717, 1.165) is 22.4 Å². The SMILES string of the molecule is Cc1cc(C)c(N(C)C(=O)C(N)CC(=O)O)c(C)c1. The summed E-state index contributed by atoms with van der Waals surface area (Å²) in [5, 5.41) is 8.68. The molecule has 0 aliphatic carbocycles. The molecule has 0 radical (unpaired) electrons. The van der Waals surface area contributed by atoms with Gasteiger partial charge in [-0.25, -0.2) is 0 Å². The molecule has 19 heavy (non-hydrogen) atoms. The van der Waals surface area contributed by atoms with Gasteiger partial charge in [0.1, 0.15) is 0 Å². The standard InChI is InChI=1S/C14H20N2O3/c1-8-5-9(2)13(10(3)6-8)16(4)14(19)11(15)7-12(17)18/h5-6,11H,7,15H2,1-4H3,(H,17,18). The molecular formula is C14H20N2O3. The number of hydrogen-bond donors (Lipinski definition) is 2. The second-order valence-corrected chi connectivity index (χ2v) is 4.85. The minimum Gasteiger partial charge on any atom is -0.481 e. The Labute approximate surface area is 113 Å². The van der Waals surface area contributed by atoms with E-state index in [-0.39, 0.29) is 6.42 Å². The van der Waals surface area contributed by atoms with E-state index in [9.17, 15) is 9.59 Å². The van der Waals surface area contributed by atoms with E-state index >= 15 is 0 Å². The molecule has 1 atom stereocenters. The Balaban J connectivity index is 3.03. The van der Waals surface area contributed by atoms with E-state index in [4.69, 9.17) is 10.8 Å². The summed E-state index contributed by atoms with van der Waals surface area (Å²) in [5.74, 6) is -1.47. The molecule has 0 aliphatic heterocycles. The van der Waals surface area contributed by atoms with Crippen molar-refractivity contribution in [2.75, 3.05) is 11.9 Å². The van der Waals surface area contributed by atoms with Gasteiger partial charge in [0.2, 0.25) is 5.91 Å².